The van der Waals surface area contributed by atoms with Crippen LogP contribution in [0.4, 0.5) is 0 Å². The van der Waals surface area contributed by atoms with Crippen molar-refractivity contribution in [1.82, 2.24) is 9.21 Å². The zero-order valence-corrected chi connectivity index (χ0v) is 11.9. The van der Waals surface area contributed by atoms with Crippen LogP contribution >= 0.6 is 15.9 Å². The average molecular weight is 313 g/mol. The Labute approximate surface area is 105 Å². The number of carbonyl (C=O) groups excluding carboxylic acids is 1. The van der Waals surface area contributed by atoms with Gasteiger partial charge in [-0.25, -0.2) is 8.42 Å². The second-order valence-corrected chi connectivity index (χ2v) is 6.95. The summed E-state index contributed by atoms with van der Waals surface area (Å²) < 4.78 is 23.9. The number of hydrogen-bond acceptors (Lipinski definition) is 3. The number of alkyl halides is 1. The van der Waals surface area contributed by atoms with E-state index in [0.29, 0.717) is 26.2 Å². The van der Waals surface area contributed by atoms with E-state index in [0.717, 1.165) is 6.42 Å². The van der Waals surface area contributed by atoms with Gasteiger partial charge < -0.3 is 4.90 Å². The minimum atomic E-state index is -3.12. The topological polar surface area (TPSA) is 57.7 Å². The van der Waals surface area contributed by atoms with E-state index in [9.17, 15) is 13.2 Å². The Morgan fingerprint density at radius 1 is 1.31 bits per heavy atom. The second-order valence-electron chi connectivity index (χ2n) is 3.86. The van der Waals surface area contributed by atoms with Crippen molar-refractivity contribution in [1.29, 1.82) is 0 Å². The Hall–Kier alpha value is -0.140. The third kappa shape index (κ3) is 3.43. The standard InChI is InChI=1S/C9H17BrN2O3S/c1-3-8(10)9(13)11-4-6-12(7-5-11)16(2,14)15/h8H,3-7H2,1-2H3. The van der Waals surface area contributed by atoms with Gasteiger partial charge in [-0.2, -0.15) is 4.31 Å². The van der Waals surface area contributed by atoms with Gasteiger partial charge in [-0.05, 0) is 6.42 Å². The average Bonchev–Trinajstić information content (AvgIpc) is 2.26. The van der Waals surface area contributed by atoms with Crippen molar-refractivity contribution in [3.63, 3.8) is 0 Å². The van der Waals surface area contributed by atoms with Crippen LogP contribution in [-0.4, -0.2) is 60.8 Å². The fourth-order valence-corrected chi connectivity index (χ4v) is 2.73. The van der Waals surface area contributed by atoms with E-state index in [-0.39, 0.29) is 10.7 Å². The van der Waals surface area contributed by atoms with E-state index >= 15 is 0 Å². The summed E-state index contributed by atoms with van der Waals surface area (Å²) in [4.78, 5) is 13.4. The van der Waals surface area contributed by atoms with Crippen LogP contribution in [0.25, 0.3) is 0 Å². The van der Waals surface area contributed by atoms with Gasteiger partial charge in [0.25, 0.3) is 0 Å². The highest BCUT2D eigenvalue weighted by molar-refractivity contribution is 9.10. The minimum absolute atomic E-state index is 0.0515. The molecule has 1 unspecified atom stereocenters. The van der Waals surface area contributed by atoms with Crippen molar-refractivity contribution in [3.05, 3.63) is 0 Å². The number of rotatable bonds is 3. The molecule has 94 valence electrons. The first-order valence-corrected chi connectivity index (χ1v) is 8.00. The Morgan fingerprint density at radius 2 is 1.81 bits per heavy atom. The number of nitrogens with zero attached hydrogens (tertiary/aromatic N) is 2. The molecule has 7 heteroatoms. The molecule has 0 N–H and O–H groups in total. The first-order chi connectivity index (χ1) is 7.36. The molecule has 0 aromatic rings. The Morgan fingerprint density at radius 3 is 2.19 bits per heavy atom. The zero-order valence-electron chi connectivity index (χ0n) is 9.52. The van der Waals surface area contributed by atoms with Gasteiger partial charge in [-0.3, -0.25) is 4.79 Å². The van der Waals surface area contributed by atoms with Gasteiger partial charge in [0.05, 0.1) is 11.1 Å². The van der Waals surface area contributed by atoms with Crippen LogP contribution in [0.2, 0.25) is 0 Å². The largest absolute Gasteiger partial charge is 0.339 e. The van der Waals surface area contributed by atoms with Gasteiger partial charge in [0.1, 0.15) is 0 Å². The smallest absolute Gasteiger partial charge is 0.236 e. The Balaban J connectivity index is 2.53. The summed E-state index contributed by atoms with van der Waals surface area (Å²) in [5, 5.41) is 0. The summed E-state index contributed by atoms with van der Waals surface area (Å²) in [7, 11) is -3.12. The third-order valence-corrected chi connectivity index (χ3v) is 4.99. The lowest BCUT2D eigenvalue weighted by Crippen LogP contribution is -2.51. The maximum Gasteiger partial charge on any atom is 0.236 e. The van der Waals surface area contributed by atoms with E-state index in [2.05, 4.69) is 15.9 Å². The Kier molecular flexibility index (Phi) is 4.75. The molecule has 1 aliphatic rings. The van der Waals surface area contributed by atoms with Crippen molar-refractivity contribution in [2.24, 2.45) is 0 Å². The van der Waals surface area contributed by atoms with Gasteiger partial charge in [0.2, 0.25) is 15.9 Å². The van der Waals surface area contributed by atoms with E-state index < -0.39 is 10.0 Å². The minimum Gasteiger partial charge on any atom is -0.339 e. The molecule has 1 fully saturated rings. The van der Waals surface area contributed by atoms with Crippen LogP contribution in [0.1, 0.15) is 13.3 Å². The maximum atomic E-state index is 11.8. The maximum absolute atomic E-state index is 11.8. The second kappa shape index (κ2) is 5.46. The molecule has 0 spiro atoms. The molecule has 1 amide bonds. The summed E-state index contributed by atoms with van der Waals surface area (Å²) in [6.45, 7) is 3.69. The van der Waals surface area contributed by atoms with Crippen LogP contribution in [0, 0.1) is 0 Å². The van der Waals surface area contributed by atoms with Gasteiger partial charge in [-0.1, -0.05) is 22.9 Å². The van der Waals surface area contributed by atoms with Crippen LogP contribution in [-0.2, 0) is 14.8 Å². The summed E-state index contributed by atoms with van der Waals surface area (Å²) in [6, 6.07) is 0. The van der Waals surface area contributed by atoms with Crippen molar-refractivity contribution < 1.29 is 13.2 Å². The summed E-state index contributed by atoms with van der Waals surface area (Å²) in [5.74, 6) is 0.0515. The fraction of sp³-hybridized carbons (Fsp3) is 0.889. The van der Waals surface area contributed by atoms with Crippen LogP contribution in [0.5, 0.6) is 0 Å². The molecule has 1 heterocycles. The molecule has 16 heavy (non-hydrogen) atoms. The summed E-state index contributed by atoms with van der Waals surface area (Å²) >= 11 is 3.31. The molecular weight excluding hydrogens is 296 g/mol. The predicted molar refractivity (Wildman–Crippen MR) is 66.0 cm³/mol. The van der Waals surface area contributed by atoms with Gasteiger partial charge in [0.15, 0.2) is 0 Å². The SMILES string of the molecule is CCC(Br)C(=O)N1CCN(S(C)(=O)=O)CC1. The van der Waals surface area contributed by atoms with Gasteiger partial charge >= 0.3 is 0 Å². The van der Waals surface area contributed by atoms with Crippen molar-refractivity contribution >= 4 is 31.9 Å². The number of amides is 1. The lowest BCUT2D eigenvalue weighted by atomic mass is 10.2. The first kappa shape index (κ1) is 13.9. The van der Waals surface area contributed by atoms with Crippen molar-refractivity contribution in [2.45, 2.75) is 18.2 Å². The molecule has 1 rings (SSSR count). The number of carbonyl (C=O) groups is 1. The number of piperazine rings is 1. The molecule has 0 saturated carbocycles. The lowest BCUT2D eigenvalue weighted by molar-refractivity contribution is -0.131. The number of hydrogen-bond donors (Lipinski definition) is 0. The van der Waals surface area contributed by atoms with Crippen LogP contribution in [0.3, 0.4) is 0 Å². The molecule has 0 aliphatic carbocycles. The molecule has 0 aromatic heterocycles. The lowest BCUT2D eigenvalue weighted by Gasteiger charge is -2.34. The number of sulfonamides is 1. The number of halogens is 1. The van der Waals surface area contributed by atoms with Crippen molar-refractivity contribution in [2.75, 3.05) is 32.4 Å². The summed E-state index contributed by atoms with van der Waals surface area (Å²) in [6.07, 6.45) is 1.94. The molecule has 0 radical (unpaired) electrons. The monoisotopic (exact) mass is 312 g/mol. The molecule has 1 atom stereocenters. The fourth-order valence-electron chi connectivity index (χ4n) is 1.61. The van der Waals surface area contributed by atoms with E-state index in [4.69, 9.17) is 0 Å². The quantitative estimate of drug-likeness (QED) is 0.703. The molecular formula is C9H17BrN2O3S. The van der Waals surface area contributed by atoms with E-state index in [1.165, 1.54) is 10.6 Å². The summed E-state index contributed by atoms with van der Waals surface area (Å²) in [5.41, 5.74) is 0. The molecule has 0 aromatic carbocycles. The predicted octanol–water partition coefficient (Wildman–Crippen LogP) is 0.264. The first-order valence-electron chi connectivity index (χ1n) is 5.24. The van der Waals surface area contributed by atoms with Crippen LogP contribution in [0.15, 0.2) is 0 Å². The zero-order chi connectivity index (χ0) is 12.3. The molecule has 1 aliphatic heterocycles. The van der Waals surface area contributed by atoms with E-state index in [1.54, 1.807) is 4.90 Å². The van der Waals surface area contributed by atoms with Gasteiger partial charge in [0, 0.05) is 26.2 Å². The highest BCUT2D eigenvalue weighted by Gasteiger charge is 2.28. The molecule has 1 saturated heterocycles. The highest BCUT2D eigenvalue weighted by atomic mass is 79.9. The van der Waals surface area contributed by atoms with E-state index in [1.807, 2.05) is 6.92 Å². The molecule has 0 bridgehead atoms. The van der Waals surface area contributed by atoms with Gasteiger partial charge in [-0.15, -0.1) is 0 Å². The normalized spacial score (nSPS) is 20.8. The van der Waals surface area contributed by atoms with Crippen molar-refractivity contribution in [3.8, 4) is 0 Å². The van der Waals surface area contributed by atoms with Crippen LogP contribution < -0.4 is 0 Å². The Bertz CT molecular complexity index is 350. The highest BCUT2D eigenvalue weighted by Crippen LogP contribution is 2.12. The molecule has 5 nitrogen and oxygen atoms in total. The third-order valence-electron chi connectivity index (χ3n) is 2.65.